The summed E-state index contributed by atoms with van der Waals surface area (Å²) in [5, 5.41) is 12.7. The lowest BCUT2D eigenvalue weighted by atomic mass is 9.81. The molecule has 1 fully saturated rings. The zero-order valence-corrected chi connectivity index (χ0v) is 10.1. The number of carbonyl (C=O) groups excluding carboxylic acids is 1. The van der Waals surface area contributed by atoms with Gasteiger partial charge < -0.3 is 10.4 Å². The Morgan fingerprint density at radius 1 is 1.35 bits per heavy atom. The minimum absolute atomic E-state index is 0.109. The summed E-state index contributed by atoms with van der Waals surface area (Å²) in [7, 11) is 1.91. The average molecular weight is 233 g/mol. The van der Waals surface area contributed by atoms with Gasteiger partial charge in [0.15, 0.2) is 0 Å². The van der Waals surface area contributed by atoms with Gasteiger partial charge in [0.1, 0.15) is 5.78 Å². The molecular formula is C14H19NO2. The summed E-state index contributed by atoms with van der Waals surface area (Å²) < 4.78 is 0. The Morgan fingerprint density at radius 3 is 2.71 bits per heavy atom. The highest BCUT2D eigenvalue weighted by Crippen LogP contribution is 2.30. The zero-order chi connectivity index (χ0) is 12.3. The molecule has 2 atom stereocenters. The normalized spacial score (nSPS) is 24.9. The van der Waals surface area contributed by atoms with Crippen LogP contribution in [-0.2, 0) is 11.3 Å². The van der Waals surface area contributed by atoms with Crippen molar-refractivity contribution in [3.8, 4) is 0 Å². The second kappa shape index (κ2) is 5.43. The van der Waals surface area contributed by atoms with E-state index in [9.17, 15) is 9.90 Å². The van der Waals surface area contributed by atoms with Gasteiger partial charge in [0.2, 0.25) is 0 Å². The van der Waals surface area contributed by atoms with Gasteiger partial charge in [-0.25, -0.2) is 0 Å². The second-order valence-corrected chi connectivity index (χ2v) is 4.72. The van der Waals surface area contributed by atoms with E-state index >= 15 is 0 Å². The molecule has 3 nitrogen and oxygen atoms in total. The molecule has 3 heteroatoms. The van der Waals surface area contributed by atoms with Crippen molar-refractivity contribution in [1.29, 1.82) is 0 Å². The molecule has 0 heterocycles. The molecule has 1 aromatic carbocycles. The van der Waals surface area contributed by atoms with Crippen molar-refractivity contribution >= 4 is 5.78 Å². The van der Waals surface area contributed by atoms with Crippen LogP contribution in [0.1, 0.15) is 36.3 Å². The van der Waals surface area contributed by atoms with E-state index in [4.69, 9.17) is 0 Å². The van der Waals surface area contributed by atoms with Gasteiger partial charge in [0.25, 0.3) is 0 Å². The zero-order valence-electron chi connectivity index (χ0n) is 10.1. The maximum Gasteiger partial charge on any atom is 0.140 e. The number of hydrogen-bond acceptors (Lipinski definition) is 3. The van der Waals surface area contributed by atoms with Crippen LogP contribution in [0.3, 0.4) is 0 Å². The lowest BCUT2D eigenvalue weighted by Crippen LogP contribution is -2.26. The molecule has 17 heavy (non-hydrogen) atoms. The predicted octanol–water partition coefficient (Wildman–Crippen LogP) is 1.60. The van der Waals surface area contributed by atoms with Crippen LogP contribution in [0.4, 0.5) is 0 Å². The highest BCUT2D eigenvalue weighted by molar-refractivity contribution is 5.86. The molecule has 2 unspecified atom stereocenters. The molecule has 0 amide bonds. The van der Waals surface area contributed by atoms with E-state index in [-0.39, 0.29) is 17.8 Å². The molecule has 2 N–H and O–H groups in total. The first-order chi connectivity index (χ1) is 8.20. The number of nitrogens with one attached hydrogen (secondary N) is 1. The van der Waals surface area contributed by atoms with Crippen molar-refractivity contribution in [3.63, 3.8) is 0 Å². The van der Waals surface area contributed by atoms with Crippen molar-refractivity contribution in [1.82, 2.24) is 5.32 Å². The maximum absolute atomic E-state index is 11.8. The fourth-order valence-electron chi connectivity index (χ4n) is 2.40. The largest absolute Gasteiger partial charge is 0.393 e. The lowest BCUT2D eigenvalue weighted by Gasteiger charge is -2.25. The molecule has 2 rings (SSSR count). The van der Waals surface area contributed by atoms with Crippen LogP contribution in [-0.4, -0.2) is 24.0 Å². The molecule has 0 saturated heterocycles. The van der Waals surface area contributed by atoms with Crippen molar-refractivity contribution in [2.75, 3.05) is 7.05 Å². The molecule has 92 valence electrons. The average Bonchev–Trinajstić information content (AvgIpc) is 2.34. The van der Waals surface area contributed by atoms with Crippen molar-refractivity contribution in [2.45, 2.75) is 37.8 Å². The topological polar surface area (TPSA) is 49.3 Å². The summed E-state index contributed by atoms with van der Waals surface area (Å²) in [5.74, 6) is 0.152. The highest BCUT2D eigenvalue weighted by atomic mass is 16.3. The molecule has 0 bridgehead atoms. The second-order valence-electron chi connectivity index (χ2n) is 4.72. The molecule has 0 aromatic heterocycles. The number of aliphatic hydroxyl groups is 1. The Balaban J connectivity index is 2.12. The fourth-order valence-corrected chi connectivity index (χ4v) is 2.40. The first kappa shape index (κ1) is 12.3. The van der Waals surface area contributed by atoms with Gasteiger partial charge in [0, 0.05) is 18.9 Å². The van der Waals surface area contributed by atoms with E-state index < -0.39 is 0 Å². The molecule has 0 radical (unpaired) electrons. The summed E-state index contributed by atoms with van der Waals surface area (Å²) in [4.78, 5) is 11.8. The molecule has 1 saturated carbocycles. The molecule has 1 aliphatic rings. The quantitative estimate of drug-likeness (QED) is 0.833. The van der Waals surface area contributed by atoms with E-state index in [2.05, 4.69) is 5.32 Å². The number of rotatable bonds is 3. The predicted molar refractivity (Wildman–Crippen MR) is 66.8 cm³/mol. The fraction of sp³-hybridized carbons (Fsp3) is 0.500. The Kier molecular flexibility index (Phi) is 3.92. The van der Waals surface area contributed by atoms with Crippen LogP contribution in [0.25, 0.3) is 0 Å². The van der Waals surface area contributed by atoms with Crippen LogP contribution in [0.5, 0.6) is 0 Å². The smallest absolute Gasteiger partial charge is 0.140 e. The van der Waals surface area contributed by atoms with Gasteiger partial charge in [-0.05, 0) is 31.0 Å². The number of benzene rings is 1. The Morgan fingerprint density at radius 2 is 2.06 bits per heavy atom. The minimum atomic E-state index is -0.324. The number of ketones is 1. The number of aliphatic hydroxyl groups excluding tert-OH is 1. The monoisotopic (exact) mass is 233 g/mol. The highest BCUT2D eigenvalue weighted by Gasteiger charge is 2.28. The van der Waals surface area contributed by atoms with E-state index in [1.165, 1.54) is 5.56 Å². The molecular weight excluding hydrogens is 214 g/mol. The van der Waals surface area contributed by atoms with Gasteiger partial charge in [-0.15, -0.1) is 0 Å². The summed E-state index contributed by atoms with van der Waals surface area (Å²) in [5.41, 5.74) is 2.24. The van der Waals surface area contributed by atoms with Crippen LogP contribution >= 0.6 is 0 Å². The Bertz CT molecular complexity index is 386. The van der Waals surface area contributed by atoms with E-state index in [1.807, 2.05) is 31.3 Å². The third-order valence-corrected chi connectivity index (χ3v) is 3.38. The van der Waals surface area contributed by atoms with E-state index in [1.54, 1.807) is 0 Å². The Hall–Kier alpha value is -1.19. The van der Waals surface area contributed by atoms with Gasteiger partial charge in [-0.3, -0.25) is 4.79 Å². The van der Waals surface area contributed by atoms with Gasteiger partial charge in [-0.2, -0.15) is 0 Å². The number of Topliss-reactive ketones (excluding diaryl/α,β-unsaturated/α-hetero) is 1. The SMILES string of the molecule is CNCc1ccc(C2CC(O)CCC2=O)cc1. The summed E-state index contributed by atoms with van der Waals surface area (Å²) in [6, 6.07) is 8.10. The Labute approximate surface area is 102 Å². The number of hydrogen-bond donors (Lipinski definition) is 2. The van der Waals surface area contributed by atoms with Crippen molar-refractivity contribution < 1.29 is 9.90 Å². The molecule has 1 aromatic rings. The van der Waals surface area contributed by atoms with Crippen LogP contribution in [0, 0.1) is 0 Å². The first-order valence-corrected chi connectivity index (χ1v) is 6.15. The van der Waals surface area contributed by atoms with E-state index in [0.717, 1.165) is 12.1 Å². The van der Waals surface area contributed by atoms with Crippen molar-refractivity contribution in [3.05, 3.63) is 35.4 Å². The molecule has 0 aliphatic heterocycles. The maximum atomic E-state index is 11.8. The van der Waals surface area contributed by atoms with Crippen LogP contribution in [0.2, 0.25) is 0 Å². The molecule has 0 spiro atoms. The lowest BCUT2D eigenvalue weighted by molar-refractivity contribution is -0.123. The summed E-state index contributed by atoms with van der Waals surface area (Å²) in [6.07, 6.45) is 1.37. The minimum Gasteiger partial charge on any atom is -0.393 e. The third-order valence-electron chi connectivity index (χ3n) is 3.38. The van der Waals surface area contributed by atoms with Gasteiger partial charge >= 0.3 is 0 Å². The van der Waals surface area contributed by atoms with Crippen LogP contribution < -0.4 is 5.32 Å². The van der Waals surface area contributed by atoms with Crippen LogP contribution in [0.15, 0.2) is 24.3 Å². The first-order valence-electron chi connectivity index (χ1n) is 6.15. The third kappa shape index (κ3) is 2.93. The summed E-state index contributed by atoms with van der Waals surface area (Å²) in [6.45, 7) is 0.835. The van der Waals surface area contributed by atoms with E-state index in [0.29, 0.717) is 19.3 Å². The summed E-state index contributed by atoms with van der Waals surface area (Å²) >= 11 is 0. The molecule has 1 aliphatic carbocycles. The number of carbonyl (C=O) groups is 1. The van der Waals surface area contributed by atoms with Gasteiger partial charge in [0.05, 0.1) is 6.10 Å². The standard InChI is InChI=1S/C14H19NO2/c1-15-9-10-2-4-11(5-3-10)13-8-12(16)6-7-14(13)17/h2-5,12-13,15-16H,6-9H2,1H3. The van der Waals surface area contributed by atoms with Crippen molar-refractivity contribution in [2.24, 2.45) is 0 Å². The van der Waals surface area contributed by atoms with Gasteiger partial charge in [-0.1, -0.05) is 24.3 Å².